The lowest BCUT2D eigenvalue weighted by Gasteiger charge is -2.39. The van der Waals surface area contributed by atoms with E-state index in [1.54, 1.807) is 0 Å². The molecule has 82 valence electrons. The molecule has 0 bridgehead atoms. The van der Waals surface area contributed by atoms with Crippen molar-refractivity contribution in [3.8, 4) is 0 Å². The van der Waals surface area contributed by atoms with Gasteiger partial charge in [-0.2, -0.15) is 0 Å². The number of hydrogen-bond donors (Lipinski definition) is 2. The fourth-order valence-electron chi connectivity index (χ4n) is 1.93. The molecule has 0 saturated carbocycles. The van der Waals surface area contributed by atoms with Crippen LogP contribution in [0.15, 0.2) is 0 Å². The molecule has 4 heteroatoms. The second-order valence-corrected chi connectivity index (χ2v) is 4.12. The van der Waals surface area contributed by atoms with Crippen LogP contribution in [0.3, 0.4) is 0 Å². The maximum Gasteiger partial charge on any atom is 0.0918 e. The van der Waals surface area contributed by atoms with Crippen molar-refractivity contribution in [3.05, 3.63) is 0 Å². The number of hydrogen-bond acceptors (Lipinski definition) is 3. The Hall–Kier alpha value is -0.610. The van der Waals surface area contributed by atoms with Gasteiger partial charge in [-0.05, 0) is 13.5 Å². The van der Waals surface area contributed by atoms with Crippen molar-refractivity contribution in [3.63, 3.8) is 0 Å². The lowest BCUT2D eigenvalue weighted by molar-refractivity contribution is 0.0953. The van der Waals surface area contributed by atoms with Gasteiger partial charge < -0.3 is 15.5 Å². The third-order valence-corrected chi connectivity index (χ3v) is 3.03. The van der Waals surface area contributed by atoms with Crippen LogP contribution in [0, 0.1) is 5.41 Å². The van der Waals surface area contributed by atoms with Crippen LogP contribution < -0.4 is 5.73 Å². The molecule has 3 N–H and O–H groups in total. The van der Waals surface area contributed by atoms with E-state index in [-0.39, 0.29) is 0 Å². The molecule has 0 aromatic heterocycles. The van der Waals surface area contributed by atoms with Crippen LogP contribution in [0.1, 0.15) is 19.8 Å². The molecule has 1 aliphatic heterocycles. The van der Waals surface area contributed by atoms with Gasteiger partial charge >= 0.3 is 0 Å². The lowest BCUT2D eigenvalue weighted by Crippen LogP contribution is -2.51. The van der Waals surface area contributed by atoms with Crippen LogP contribution in [0.2, 0.25) is 0 Å². The second-order valence-electron chi connectivity index (χ2n) is 4.12. The highest BCUT2D eigenvalue weighted by Gasteiger charge is 2.22. The maximum absolute atomic E-state index is 7.19. The molecule has 1 atom stereocenters. The first kappa shape index (κ1) is 11.5. The molecule has 1 fully saturated rings. The predicted octanol–water partition coefficient (Wildman–Crippen LogP) is 0.338. The summed E-state index contributed by atoms with van der Waals surface area (Å²) in [6, 6.07) is 0.677. The Morgan fingerprint density at radius 3 is 2.79 bits per heavy atom. The van der Waals surface area contributed by atoms with Crippen molar-refractivity contribution in [1.82, 2.24) is 9.80 Å². The van der Waals surface area contributed by atoms with E-state index >= 15 is 0 Å². The molecule has 1 unspecified atom stereocenters. The SMILES string of the molecule is CCC1CN(CCC(=N)N)CCN1C. The van der Waals surface area contributed by atoms with Gasteiger partial charge in [-0.1, -0.05) is 6.92 Å². The predicted molar refractivity (Wildman–Crippen MR) is 59.7 cm³/mol. The maximum atomic E-state index is 7.19. The van der Waals surface area contributed by atoms with E-state index in [1.165, 1.54) is 6.42 Å². The molecule has 0 aromatic rings. The first-order chi connectivity index (χ1) is 6.63. The molecule has 0 amide bonds. The van der Waals surface area contributed by atoms with Crippen LogP contribution in [0.25, 0.3) is 0 Å². The van der Waals surface area contributed by atoms with Gasteiger partial charge in [0.25, 0.3) is 0 Å². The Labute approximate surface area is 86.6 Å². The Morgan fingerprint density at radius 2 is 2.21 bits per heavy atom. The zero-order valence-corrected chi connectivity index (χ0v) is 9.29. The Bertz CT molecular complexity index is 193. The number of amidine groups is 1. The highest BCUT2D eigenvalue weighted by molar-refractivity contribution is 5.76. The molecule has 1 rings (SSSR count). The van der Waals surface area contributed by atoms with Crippen LogP contribution >= 0.6 is 0 Å². The van der Waals surface area contributed by atoms with Crippen molar-refractivity contribution >= 4 is 5.84 Å². The minimum Gasteiger partial charge on any atom is -0.388 e. The van der Waals surface area contributed by atoms with E-state index in [9.17, 15) is 0 Å². The second kappa shape index (κ2) is 5.32. The molecule has 0 spiro atoms. The Balaban J connectivity index is 2.31. The number of likely N-dealkylation sites (N-methyl/N-ethyl adjacent to an activating group) is 1. The van der Waals surface area contributed by atoms with Gasteiger partial charge in [0.1, 0.15) is 0 Å². The fourth-order valence-corrected chi connectivity index (χ4v) is 1.93. The summed E-state index contributed by atoms with van der Waals surface area (Å²) in [5.74, 6) is 0.303. The van der Waals surface area contributed by atoms with E-state index in [0.29, 0.717) is 18.3 Å². The van der Waals surface area contributed by atoms with Gasteiger partial charge in [0.15, 0.2) is 0 Å². The lowest BCUT2D eigenvalue weighted by atomic mass is 10.1. The molecule has 0 radical (unpaired) electrons. The van der Waals surface area contributed by atoms with Gasteiger partial charge in [0.2, 0.25) is 0 Å². The molecule has 0 aliphatic carbocycles. The minimum absolute atomic E-state index is 0.303. The molecule has 1 saturated heterocycles. The summed E-state index contributed by atoms with van der Waals surface area (Å²) in [5, 5.41) is 7.19. The largest absolute Gasteiger partial charge is 0.388 e. The highest BCUT2D eigenvalue weighted by Crippen LogP contribution is 2.10. The average Bonchev–Trinajstić information content (AvgIpc) is 2.16. The van der Waals surface area contributed by atoms with E-state index in [1.807, 2.05) is 0 Å². The molecule has 14 heavy (non-hydrogen) atoms. The first-order valence-electron chi connectivity index (χ1n) is 5.39. The van der Waals surface area contributed by atoms with Gasteiger partial charge in [0, 0.05) is 38.6 Å². The minimum atomic E-state index is 0.303. The molecular weight excluding hydrogens is 176 g/mol. The zero-order chi connectivity index (χ0) is 10.6. The van der Waals surface area contributed by atoms with Gasteiger partial charge in [-0.3, -0.25) is 5.41 Å². The first-order valence-corrected chi connectivity index (χ1v) is 5.39. The van der Waals surface area contributed by atoms with Crippen molar-refractivity contribution in [2.24, 2.45) is 5.73 Å². The number of nitrogens with two attached hydrogens (primary N) is 1. The van der Waals surface area contributed by atoms with Gasteiger partial charge in [0.05, 0.1) is 5.84 Å². The van der Waals surface area contributed by atoms with E-state index in [4.69, 9.17) is 11.1 Å². The number of rotatable bonds is 4. The third kappa shape index (κ3) is 3.27. The van der Waals surface area contributed by atoms with Crippen LogP contribution in [0.5, 0.6) is 0 Å². The average molecular weight is 198 g/mol. The highest BCUT2D eigenvalue weighted by atomic mass is 15.3. The Kier molecular flexibility index (Phi) is 4.35. The van der Waals surface area contributed by atoms with Crippen LogP contribution in [-0.4, -0.2) is 54.9 Å². The molecule has 1 heterocycles. The van der Waals surface area contributed by atoms with E-state index < -0.39 is 0 Å². The Morgan fingerprint density at radius 1 is 1.50 bits per heavy atom. The third-order valence-electron chi connectivity index (χ3n) is 3.03. The summed E-state index contributed by atoms with van der Waals surface area (Å²) in [5.41, 5.74) is 5.35. The molecule has 4 nitrogen and oxygen atoms in total. The number of nitrogens with one attached hydrogen (secondary N) is 1. The molecule has 1 aliphatic rings. The molecule has 0 aromatic carbocycles. The zero-order valence-electron chi connectivity index (χ0n) is 9.29. The van der Waals surface area contributed by atoms with Crippen molar-refractivity contribution in [2.75, 3.05) is 33.2 Å². The number of piperazine rings is 1. The standard InChI is InChI=1S/C10H22N4/c1-3-9-8-14(5-4-10(11)12)7-6-13(9)2/h9H,3-8H2,1-2H3,(H3,11,12). The van der Waals surface area contributed by atoms with Gasteiger partial charge in [-0.25, -0.2) is 0 Å². The summed E-state index contributed by atoms with van der Waals surface area (Å²) in [6.07, 6.45) is 1.91. The summed E-state index contributed by atoms with van der Waals surface area (Å²) in [7, 11) is 2.19. The summed E-state index contributed by atoms with van der Waals surface area (Å²) < 4.78 is 0. The summed E-state index contributed by atoms with van der Waals surface area (Å²) in [6.45, 7) is 6.55. The van der Waals surface area contributed by atoms with Crippen LogP contribution in [0.4, 0.5) is 0 Å². The summed E-state index contributed by atoms with van der Waals surface area (Å²) in [4.78, 5) is 4.83. The quantitative estimate of drug-likeness (QED) is 0.506. The van der Waals surface area contributed by atoms with E-state index in [2.05, 4.69) is 23.8 Å². The van der Waals surface area contributed by atoms with Crippen molar-refractivity contribution < 1.29 is 0 Å². The topological polar surface area (TPSA) is 56.4 Å². The van der Waals surface area contributed by atoms with Gasteiger partial charge in [-0.15, -0.1) is 0 Å². The van der Waals surface area contributed by atoms with Crippen molar-refractivity contribution in [1.29, 1.82) is 5.41 Å². The monoisotopic (exact) mass is 198 g/mol. The smallest absolute Gasteiger partial charge is 0.0918 e. The van der Waals surface area contributed by atoms with Crippen LogP contribution in [-0.2, 0) is 0 Å². The molecular formula is C10H22N4. The normalized spacial score (nSPS) is 25.1. The van der Waals surface area contributed by atoms with Crippen molar-refractivity contribution in [2.45, 2.75) is 25.8 Å². The summed E-state index contributed by atoms with van der Waals surface area (Å²) >= 11 is 0. The fraction of sp³-hybridized carbons (Fsp3) is 0.900. The van der Waals surface area contributed by atoms with E-state index in [0.717, 1.165) is 26.2 Å². The number of nitrogens with zero attached hydrogens (tertiary/aromatic N) is 2.